The Balaban J connectivity index is 1.46. The highest BCUT2D eigenvalue weighted by Crippen LogP contribution is 2.19. The third-order valence-electron chi connectivity index (χ3n) is 6.04. The van der Waals surface area contributed by atoms with Crippen molar-refractivity contribution >= 4 is 21.6 Å². The summed E-state index contributed by atoms with van der Waals surface area (Å²) in [6, 6.07) is 11.5. The van der Waals surface area contributed by atoms with Crippen LogP contribution in [0.4, 0.5) is 5.69 Å². The summed E-state index contributed by atoms with van der Waals surface area (Å²) in [5.41, 5.74) is 2.89. The molecule has 32 heavy (non-hydrogen) atoms. The van der Waals surface area contributed by atoms with E-state index in [4.69, 9.17) is 0 Å². The molecule has 174 valence electrons. The number of benzene rings is 2. The normalized spacial score (nSPS) is 15.5. The van der Waals surface area contributed by atoms with Crippen LogP contribution in [0.1, 0.15) is 34.8 Å². The molecule has 2 aromatic rings. The number of hydrogen-bond acceptors (Lipinski definition) is 5. The predicted molar refractivity (Wildman–Crippen MR) is 129 cm³/mol. The van der Waals surface area contributed by atoms with Crippen molar-refractivity contribution in [2.45, 2.75) is 32.1 Å². The van der Waals surface area contributed by atoms with E-state index >= 15 is 0 Å². The predicted octanol–water partition coefficient (Wildman–Crippen LogP) is 2.86. The molecule has 0 saturated carbocycles. The van der Waals surface area contributed by atoms with Crippen LogP contribution in [0.3, 0.4) is 0 Å². The summed E-state index contributed by atoms with van der Waals surface area (Å²) in [4.78, 5) is 17.5. The monoisotopic (exact) mass is 458 g/mol. The first-order chi connectivity index (χ1) is 15.3. The number of piperazine rings is 1. The van der Waals surface area contributed by atoms with Crippen LogP contribution >= 0.6 is 0 Å². The van der Waals surface area contributed by atoms with Gasteiger partial charge >= 0.3 is 0 Å². The second kappa shape index (κ2) is 10.9. The molecule has 0 radical (unpaired) electrons. The molecule has 0 atom stereocenters. The van der Waals surface area contributed by atoms with Gasteiger partial charge in [0.05, 0.1) is 4.90 Å². The van der Waals surface area contributed by atoms with Gasteiger partial charge in [0, 0.05) is 44.0 Å². The van der Waals surface area contributed by atoms with Crippen molar-refractivity contribution in [3.05, 3.63) is 59.2 Å². The summed E-state index contributed by atoms with van der Waals surface area (Å²) in [6.45, 7) is 13.1. The van der Waals surface area contributed by atoms with Crippen LogP contribution in [0.2, 0.25) is 0 Å². The van der Waals surface area contributed by atoms with Gasteiger partial charge in [-0.15, -0.1) is 0 Å². The minimum absolute atomic E-state index is 0.149. The highest BCUT2D eigenvalue weighted by molar-refractivity contribution is 7.92. The van der Waals surface area contributed by atoms with Crippen LogP contribution in [0.25, 0.3) is 0 Å². The van der Waals surface area contributed by atoms with Crippen molar-refractivity contribution in [3.63, 3.8) is 0 Å². The lowest BCUT2D eigenvalue weighted by Crippen LogP contribution is -2.46. The molecule has 3 rings (SSSR count). The lowest BCUT2D eigenvalue weighted by atomic mass is 10.1. The van der Waals surface area contributed by atoms with Gasteiger partial charge in [-0.25, -0.2) is 8.42 Å². The van der Waals surface area contributed by atoms with E-state index in [2.05, 4.69) is 26.8 Å². The second-order valence-corrected chi connectivity index (χ2v) is 10.00. The van der Waals surface area contributed by atoms with Gasteiger partial charge < -0.3 is 15.1 Å². The third-order valence-corrected chi connectivity index (χ3v) is 7.42. The summed E-state index contributed by atoms with van der Waals surface area (Å²) in [5, 5.41) is 2.95. The molecule has 0 bridgehead atoms. The van der Waals surface area contributed by atoms with E-state index in [1.807, 2.05) is 13.8 Å². The van der Waals surface area contributed by atoms with Crippen LogP contribution in [0.15, 0.2) is 47.4 Å². The van der Waals surface area contributed by atoms with Gasteiger partial charge in [0.15, 0.2) is 0 Å². The maximum Gasteiger partial charge on any atom is 0.261 e. The van der Waals surface area contributed by atoms with E-state index in [-0.39, 0.29) is 10.8 Å². The second-order valence-electron chi connectivity index (χ2n) is 8.31. The Bertz CT molecular complexity index is 1010. The highest BCUT2D eigenvalue weighted by atomic mass is 32.2. The first kappa shape index (κ1) is 24.2. The zero-order chi connectivity index (χ0) is 23.1. The van der Waals surface area contributed by atoms with Crippen molar-refractivity contribution in [2.24, 2.45) is 0 Å². The number of aryl methyl sites for hydroxylation is 2. The maximum atomic E-state index is 12.6. The average molecular weight is 459 g/mol. The van der Waals surface area contributed by atoms with E-state index in [0.29, 0.717) is 17.8 Å². The molecule has 7 nitrogen and oxygen atoms in total. The zero-order valence-electron chi connectivity index (χ0n) is 19.2. The lowest BCUT2D eigenvalue weighted by molar-refractivity contribution is 0.0948. The summed E-state index contributed by atoms with van der Waals surface area (Å²) < 4.78 is 27.8. The lowest BCUT2D eigenvalue weighted by Gasteiger charge is -2.33. The molecule has 1 heterocycles. The summed E-state index contributed by atoms with van der Waals surface area (Å²) in [5.74, 6) is -0.149. The SMILES string of the molecule is CCN1CCN(CCCNC(=O)c2ccc(NS(=O)(=O)c3ccc(C)c(C)c3)cc2)CC1. The van der Waals surface area contributed by atoms with E-state index in [0.717, 1.165) is 56.8 Å². The van der Waals surface area contributed by atoms with Crippen molar-refractivity contribution in [1.29, 1.82) is 0 Å². The Morgan fingerprint density at radius 3 is 2.22 bits per heavy atom. The molecule has 0 aromatic heterocycles. The van der Waals surface area contributed by atoms with Crippen LogP contribution in [-0.4, -0.2) is 69.9 Å². The van der Waals surface area contributed by atoms with Gasteiger partial charge in [0.2, 0.25) is 0 Å². The first-order valence-corrected chi connectivity index (χ1v) is 12.7. The maximum absolute atomic E-state index is 12.6. The topological polar surface area (TPSA) is 81.8 Å². The van der Waals surface area contributed by atoms with Gasteiger partial charge in [-0.1, -0.05) is 13.0 Å². The molecule has 1 saturated heterocycles. The van der Waals surface area contributed by atoms with E-state index in [1.54, 1.807) is 42.5 Å². The Kier molecular flexibility index (Phi) is 8.28. The molecule has 0 aliphatic carbocycles. The van der Waals surface area contributed by atoms with Gasteiger partial charge in [-0.3, -0.25) is 9.52 Å². The standard InChI is InChI=1S/C24H34N4O3S/c1-4-27-14-16-28(17-15-27)13-5-12-25-24(29)21-7-9-22(10-8-21)26-32(30,31)23-11-6-19(2)20(3)18-23/h6-11,18,26H,4-5,12-17H2,1-3H3,(H,25,29). The third kappa shape index (κ3) is 6.54. The minimum Gasteiger partial charge on any atom is -0.352 e. The molecule has 0 unspecified atom stereocenters. The molecule has 8 heteroatoms. The number of hydrogen-bond donors (Lipinski definition) is 2. The molecule has 1 amide bonds. The Hall–Kier alpha value is -2.42. The fourth-order valence-electron chi connectivity index (χ4n) is 3.72. The molecule has 1 aliphatic rings. The Morgan fingerprint density at radius 2 is 1.59 bits per heavy atom. The first-order valence-electron chi connectivity index (χ1n) is 11.2. The number of nitrogens with one attached hydrogen (secondary N) is 2. The number of carbonyl (C=O) groups is 1. The number of nitrogens with zero attached hydrogens (tertiary/aromatic N) is 2. The van der Waals surface area contributed by atoms with Crippen LogP contribution in [0, 0.1) is 13.8 Å². The van der Waals surface area contributed by atoms with Crippen LogP contribution < -0.4 is 10.0 Å². The number of amides is 1. The van der Waals surface area contributed by atoms with Crippen molar-refractivity contribution in [3.8, 4) is 0 Å². The number of rotatable bonds is 9. The zero-order valence-corrected chi connectivity index (χ0v) is 20.0. The number of sulfonamides is 1. The molecule has 0 spiro atoms. The largest absolute Gasteiger partial charge is 0.352 e. The quantitative estimate of drug-likeness (QED) is 0.565. The average Bonchev–Trinajstić information content (AvgIpc) is 2.79. The molecular weight excluding hydrogens is 424 g/mol. The molecule has 1 fully saturated rings. The van der Waals surface area contributed by atoms with Gasteiger partial charge in [0.1, 0.15) is 0 Å². The highest BCUT2D eigenvalue weighted by Gasteiger charge is 2.16. The molecule has 1 aliphatic heterocycles. The van der Waals surface area contributed by atoms with Gasteiger partial charge in [-0.2, -0.15) is 0 Å². The summed E-state index contributed by atoms with van der Waals surface area (Å²) >= 11 is 0. The Morgan fingerprint density at radius 1 is 0.938 bits per heavy atom. The summed E-state index contributed by atoms with van der Waals surface area (Å²) in [6.07, 6.45) is 0.908. The summed E-state index contributed by atoms with van der Waals surface area (Å²) in [7, 11) is -3.68. The number of carbonyl (C=O) groups excluding carboxylic acids is 1. The van der Waals surface area contributed by atoms with Crippen molar-refractivity contribution in [2.75, 3.05) is 50.5 Å². The molecular formula is C24H34N4O3S. The smallest absolute Gasteiger partial charge is 0.261 e. The van der Waals surface area contributed by atoms with Crippen LogP contribution in [0.5, 0.6) is 0 Å². The Labute approximate surface area is 191 Å². The van der Waals surface area contributed by atoms with Gasteiger partial charge in [0.25, 0.3) is 15.9 Å². The molecule has 2 N–H and O–H groups in total. The van der Waals surface area contributed by atoms with Gasteiger partial charge in [-0.05, 0) is 80.9 Å². The van der Waals surface area contributed by atoms with Crippen LogP contribution in [-0.2, 0) is 10.0 Å². The van der Waals surface area contributed by atoms with E-state index in [9.17, 15) is 13.2 Å². The van der Waals surface area contributed by atoms with E-state index < -0.39 is 10.0 Å². The fourth-order valence-corrected chi connectivity index (χ4v) is 4.86. The number of anilines is 1. The minimum atomic E-state index is -3.68. The number of likely N-dealkylation sites (N-methyl/N-ethyl adjacent to an activating group) is 1. The fraction of sp³-hybridized carbons (Fsp3) is 0.458. The molecule has 2 aromatic carbocycles. The van der Waals surface area contributed by atoms with E-state index in [1.165, 1.54) is 0 Å². The van der Waals surface area contributed by atoms with Crippen molar-refractivity contribution < 1.29 is 13.2 Å². The van der Waals surface area contributed by atoms with Crippen molar-refractivity contribution in [1.82, 2.24) is 15.1 Å².